The summed E-state index contributed by atoms with van der Waals surface area (Å²) in [5, 5.41) is 0. The van der Waals surface area contributed by atoms with Gasteiger partial charge in [-0.1, -0.05) is 0 Å². The maximum atomic E-state index is 6.15. The quantitative estimate of drug-likeness (QED) is 0.896. The van der Waals surface area contributed by atoms with Crippen LogP contribution in [0.15, 0.2) is 6.33 Å². The van der Waals surface area contributed by atoms with Crippen LogP contribution < -0.4 is 15.4 Å². The Morgan fingerprint density at radius 2 is 1.90 bits per heavy atom. The molecule has 0 aliphatic carbocycles. The van der Waals surface area contributed by atoms with E-state index in [0.29, 0.717) is 24.8 Å². The lowest BCUT2D eigenvalue weighted by Gasteiger charge is -2.38. The smallest absolute Gasteiger partial charge is 0.242 e. The van der Waals surface area contributed by atoms with Crippen LogP contribution in [0.1, 0.15) is 26.7 Å². The molecule has 2 aliphatic heterocycles. The molecule has 2 N–H and O–H groups in total. The van der Waals surface area contributed by atoms with E-state index in [1.54, 1.807) is 0 Å². The number of rotatable bonds is 3. The van der Waals surface area contributed by atoms with E-state index in [2.05, 4.69) is 14.9 Å². The lowest BCUT2D eigenvalue weighted by atomic mass is 10.0. The van der Waals surface area contributed by atoms with E-state index in [9.17, 15) is 0 Å². The first kappa shape index (κ1) is 14.3. The fourth-order valence-corrected chi connectivity index (χ4v) is 2.78. The number of hydrogen-bond donors (Lipinski definition) is 1. The predicted molar refractivity (Wildman–Crippen MR) is 78.3 cm³/mol. The standard InChI is InChI=1S/C14H22N4O3/c1-10(2)21-13-11(15)12(16-9-17-13)18-5-3-14(4-6-18)19-7-8-20-14/h9-10H,3-8,15H2,1-2H3. The molecule has 2 saturated heterocycles. The minimum Gasteiger partial charge on any atom is -0.473 e. The summed E-state index contributed by atoms with van der Waals surface area (Å²) < 4.78 is 17.1. The van der Waals surface area contributed by atoms with Crippen molar-refractivity contribution in [3.8, 4) is 5.88 Å². The zero-order chi connectivity index (χ0) is 14.9. The molecule has 2 fully saturated rings. The molecule has 3 rings (SSSR count). The molecular formula is C14H22N4O3. The van der Waals surface area contributed by atoms with E-state index in [4.69, 9.17) is 19.9 Å². The molecule has 1 aromatic rings. The Balaban J connectivity index is 1.73. The molecule has 0 amide bonds. The third-order valence-electron chi connectivity index (χ3n) is 3.81. The van der Waals surface area contributed by atoms with Crippen molar-refractivity contribution in [2.75, 3.05) is 36.9 Å². The maximum absolute atomic E-state index is 6.15. The van der Waals surface area contributed by atoms with Crippen molar-refractivity contribution in [3.05, 3.63) is 6.33 Å². The zero-order valence-corrected chi connectivity index (χ0v) is 12.5. The van der Waals surface area contributed by atoms with E-state index in [0.717, 1.165) is 31.7 Å². The number of ether oxygens (including phenoxy) is 3. The third-order valence-corrected chi connectivity index (χ3v) is 3.81. The Bertz CT molecular complexity index is 493. The lowest BCUT2D eigenvalue weighted by molar-refractivity contribution is -0.169. The van der Waals surface area contributed by atoms with Crippen LogP contribution in [0.3, 0.4) is 0 Å². The zero-order valence-electron chi connectivity index (χ0n) is 12.5. The van der Waals surface area contributed by atoms with Crippen LogP contribution >= 0.6 is 0 Å². The van der Waals surface area contributed by atoms with E-state index in [-0.39, 0.29) is 6.10 Å². The SMILES string of the molecule is CC(C)Oc1ncnc(N2CCC3(CC2)OCCO3)c1N. The number of piperidine rings is 1. The first-order chi connectivity index (χ1) is 10.1. The van der Waals surface area contributed by atoms with Crippen molar-refractivity contribution in [2.45, 2.75) is 38.6 Å². The largest absolute Gasteiger partial charge is 0.473 e. The molecule has 0 saturated carbocycles. The lowest BCUT2D eigenvalue weighted by Crippen LogP contribution is -2.45. The van der Waals surface area contributed by atoms with Gasteiger partial charge in [-0.3, -0.25) is 0 Å². The number of nitrogens with zero attached hydrogens (tertiary/aromatic N) is 3. The van der Waals surface area contributed by atoms with Crippen molar-refractivity contribution in [1.82, 2.24) is 9.97 Å². The third kappa shape index (κ3) is 2.89. The first-order valence-corrected chi connectivity index (χ1v) is 7.40. The normalized spacial score (nSPS) is 21.2. The molecule has 0 aromatic carbocycles. The molecule has 2 aliphatic rings. The average molecular weight is 294 g/mol. The molecule has 1 aromatic heterocycles. The molecular weight excluding hydrogens is 272 g/mol. The summed E-state index contributed by atoms with van der Waals surface area (Å²) >= 11 is 0. The van der Waals surface area contributed by atoms with Crippen molar-refractivity contribution < 1.29 is 14.2 Å². The van der Waals surface area contributed by atoms with Gasteiger partial charge in [0.15, 0.2) is 11.6 Å². The molecule has 0 unspecified atom stereocenters. The van der Waals surface area contributed by atoms with E-state index < -0.39 is 5.79 Å². The van der Waals surface area contributed by atoms with Crippen molar-refractivity contribution >= 4 is 11.5 Å². The molecule has 7 heteroatoms. The topological polar surface area (TPSA) is 82.7 Å². The Hall–Kier alpha value is -1.60. The number of nitrogens with two attached hydrogens (primary N) is 1. The minimum atomic E-state index is -0.393. The predicted octanol–water partition coefficient (Wildman–Crippen LogP) is 1.19. The van der Waals surface area contributed by atoms with Gasteiger partial charge in [0.2, 0.25) is 5.88 Å². The molecule has 1 spiro atoms. The van der Waals surface area contributed by atoms with Gasteiger partial charge in [-0.2, -0.15) is 4.98 Å². The molecule has 7 nitrogen and oxygen atoms in total. The van der Waals surface area contributed by atoms with Crippen LogP contribution in [0.25, 0.3) is 0 Å². The minimum absolute atomic E-state index is 0.0277. The van der Waals surface area contributed by atoms with Crippen LogP contribution in [0, 0.1) is 0 Å². The van der Waals surface area contributed by atoms with Crippen molar-refractivity contribution in [1.29, 1.82) is 0 Å². The fraction of sp³-hybridized carbons (Fsp3) is 0.714. The Morgan fingerprint density at radius 1 is 1.24 bits per heavy atom. The summed E-state index contributed by atoms with van der Waals surface area (Å²) in [7, 11) is 0. The number of aromatic nitrogens is 2. The summed E-state index contributed by atoms with van der Waals surface area (Å²) in [6.07, 6.45) is 3.16. The Kier molecular flexibility index (Phi) is 3.86. The van der Waals surface area contributed by atoms with Crippen LogP contribution in [-0.4, -0.2) is 48.2 Å². The summed E-state index contributed by atoms with van der Waals surface area (Å²) in [6, 6.07) is 0. The highest BCUT2D eigenvalue weighted by atomic mass is 16.7. The molecule has 0 bridgehead atoms. The molecule has 3 heterocycles. The van der Waals surface area contributed by atoms with Gasteiger partial charge in [0.05, 0.1) is 19.3 Å². The highest BCUT2D eigenvalue weighted by Gasteiger charge is 2.40. The Labute approximate surface area is 124 Å². The van der Waals surface area contributed by atoms with E-state index in [1.165, 1.54) is 6.33 Å². The summed E-state index contributed by atoms with van der Waals surface area (Å²) in [4.78, 5) is 10.6. The van der Waals surface area contributed by atoms with Crippen molar-refractivity contribution in [3.63, 3.8) is 0 Å². The monoisotopic (exact) mass is 294 g/mol. The van der Waals surface area contributed by atoms with Gasteiger partial charge in [0.1, 0.15) is 12.0 Å². The molecule has 0 radical (unpaired) electrons. The number of nitrogen functional groups attached to an aromatic ring is 1. The molecule has 116 valence electrons. The number of hydrogen-bond acceptors (Lipinski definition) is 7. The van der Waals surface area contributed by atoms with Gasteiger partial charge in [-0.25, -0.2) is 4.98 Å². The average Bonchev–Trinajstić information content (AvgIpc) is 2.90. The molecule has 0 atom stereocenters. The van der Waals surface area contributed by atoms with Gasteiger partial charge in [0, 0.05) is 25.9 Å². The Morgan fingerprint density at radius 3 is 2.52 bits per heavy atom. The van der Waals surface area contributed by atoms with Crippen LogP contribution in [-0.2, 0) is 9.47 Å². The van der Waals surface area contributed by atoms with Gasteiger partial charge in [0.25, 0.3) is 0 Å². The van der Waals surface area contributed by atoms with Crippen LogP contribution in [0.2, 0.25) is 0 Å². The van der Waals surface area contributed by atoms with Gasteiger partial charge in [-0.15, -0.1) is 0 Å². The summed E-state index contributed by atoms with van der Waals surface area (Å²) in [5.74, 6) is 0.785. The second-order valence-corrected chi connectivity index (χ2v) is 5.68. The van der Waals surface area contributed by atoms with Crippen molar-refractivity contribution in [2.24, 2.45) is 0 Å². The fourth-order valence-electron chi connectivity index (χ4n) is 2.78. The number of anilines is 2. The maximum Gasteiger partial charge on any atom is 0.242 e. The second kappa shape index (κ2) is 5.65. The summed E-state index contributed by atoms with van der Waals surface area (Å²) in [6.45, 7) is 6.84. The van der Waals surface area contributed by atoms with Crippen LogP contribution in [0.5, 0.6) is 5.88 Å². The second-order valence-electron chi connectivity index (χ2n) is 5.68. The van der Waals surface area contributed by atoms with Crippen LogP contribution in [0.4, 0.5) is 11.5 Å². The van der Waals surface area contributed by atoms with Gasteiger partial charge in [-0.05, 0) is 13.8 Å². The molecule has 21 heavy (non-hydrogen) atoms. The van der Waals surface area contributed by atoms with E-state index in [1.807, 2.05) is 13.8 Å². The van der Waals surface area contributed by atoms with Gasteiger partial charge >= 0.3 is 0 Å². The summed E-state index contributed by atoms with van der Waals surface area (Å²) in [5.41, 5.74) is 6.65. The highest BCUT2D eigenvalue weighted by Crippen LogP contribution is 2.35. The van der Waals surface area contributed by atoms with E-state index >= 15 is 0 Å². The highest BCUT2D eigenvalue weighted by molar-refractivity contribution is 5.67. The first-order valence-electron chi connectivity index (χ1n) is 7.40. The van der Waals surface area contributed by atoms with Gasteiger partial charge < -0.3 is 24.8 Å².